The van der Waals surface area contributed by atoms with Gasteiger partial charge in [-0.2, -0.15) is 5.10 Å². The van der Waals surface area contributed by atoms with E-state index in [-0.39, 0.29) is 0 Å². The largest absolute Gasteiger partial charge is 0.490 e. The number of nitrogens with zero attached hydrogens (tertiary/aromatic N) is 2. The van der Waals surface area contributed by atoms with Crippen molar-refractivity contribution in [1.82, 2.24) is 20.6 Å². The molecule has 1 aliphatic rings. The van der Waals surface area contributed by atoms with Gasteiger partial charge in [0.25, 0.3) is 11.8 Å². The van der Waals surface area contributed by atoms with Crippen molar-refractivity contribution in [1.29, 1.82) is 0 Å². The molecule has 2 aromatic carbocycles. The van der Waals surface area contributed by atoms with Gasteiger partial charge in [0.2, 0.25) is 0 Å². The molecule has 0 aliphatic carbocycles. The van der Waals surface area contributed by atoms with E-state index in [4.69, 9.17) is 14.2 Å². The molecule has 1 aromatic heterocycles. The number of hydrazine groups is 1. The predicted octanol–water partition coefficient (Wildman–Crippen LogP) is 3.09. The number of carbonyl (C=O) groups excluding carboxylic acids is 2. The zero-order valence-electron chi connectivity index (χ0n) is 19.7. The Labute approximate surface area is 198 Å². The average Bonchev–Trinajstić information content (AvgIpc) is 3.06. The number of hydrogen-bond donors (Lipinski definition) is 2. The summed E-state index contributed by atoms with van der Waals surface area (Å²) in [6.07, 6.45) is 1.58. The summed E-state index contributed by atoms with van der Waals surface area (Å²) in [6, 6.07) is 11.1. The van der Waals surface area contributed by atoms with Gasteiger partial charge < -0.3 is 14.2 Å². The van der Waals surface area contributed by atoms with Gasteiger partial charge in [0.05, 0.1) is 18.8 Å². The maximum absolute atomic E-state index is 12.9. The Morgan fingerprint density at radius 2 is 1.85 bits per heavy atom. The van der Waals surface area contributed by atoms with Crippen LogP contribution in [0.2, 0.25) is 0 Å². The van der Waals surface area contributed by atoms with Crippen LogP contribution in [0.5, 0.6) is 17.2 Å². The van der Waals surface area contributed by atoms with Gasteiger partial charge in [0.1, 0.15) is 11.4 Å². The SMILES string of the molecule is Cc1cccc(OC(C)C(=O)NNC(=O)c2cn(C)nc2-c2ccc3c(c2)OCCCO3)c1C. The first kappa shape index (κ1) is 23.2. The Morgan fingerprint density at radius 1 is 1.09 bits per heavy atom. The summed E-state index contributed by atoms with van der Waals surface area (Å²) >= 11 is 0. The fourth-order valence-electron chi connectivity index (χ4n) is 3.56. The highest BCUT2D eigenvalue weighted by Crippen LogP contribution is 2.34. The van der Waals surface area contributed by atoms with Gasteiger partial charge in [-0.05, 0) is 56.2 Å². The molecule has 0 bridgehead atoms. The van der Waals surface area contributed by atoms with Crippen LogP contribution in [0.3, 0.4) is 0 Å². The quantitative estimate of drug-likeness (QED) is 0.563. The molecule has 34 heavy (non-hydrogen) atoms. The lowest BCUT2D eigenvalue weighted by Gasteiger charge is -2.17. The van der Waals surface area contributed by atoms with Crippen molar-refractivity contribution in [2.24, 2.45) is 7.05 Å². The van der Waals surface area contributed by atoms with Crippen molar-refractivity contribution in [3.63, 3.8) is 0 Å². The van der Waals surface area contributed by atoms with Crippen LogP contribution in [0, 0.1) is 13.8 Å². The number of hydrogen-bond acceptors (Lipinski definition) is 6. The zero-order valence-corrected chi connectivity index (χ0v) is 19.7. The molecule has 9 nitrogen and oxygen atoms in total. The number of aryl methyl sites for hydroxylation is 2. The molecule has 0 spiro atoms. The van der Waals surface area contributed by atoms with E-state index in [9.17, 15) is 9.59 Å². The van der Waals surface area contributed by atoms with E-state index in [0.29, 0.717) is 47.3 Å². The number of benzene rings is 2. The van der Waals surface area contributed by atoms with Crippen LogP contribution in [-0.4, -0.2) is 40.9 Å². The topological polar surface area (TPSA) is 104 Å². The third kappa shape index (κ3) is 4.98. The second-order valence-corrected chi connectivity index (χ2v) is 8.18. The molecule has 2 N–H and O–H groups in total. The highest BCUT2D eigenvalue weighted by Gasteiger charge is 2.22. The summed E-state index contributed by atoms with van der Waals surface area (Å²) in [7, 11) is 1.72. The van der Waals surface area contributed by atoms with Crippen LogP contribution in [0.1, 0.15) is 34.8 Å². The molecule has 3 aromatic rings. The predicted molar refractivity (Wildman–Crippen MR) is 126 cm³/mol. The van der Waals surface area contributed by atoms with Gasteiger partial charge in [0, 0.05) is 25.2 Å². The molecule has 9 heteroatoms. The summed E-state index contributed by atoms with van der Waals surface area (Å²) in [5.74, 6) is 0.918. The van der Waals surface area contributed by atoms with Gasteiger partial charge in [-0.3, -0.25) is 25.1 Å². The maximum atomic E-state index is 12.9. The number of ether oxygens (including phenoxy) is 3. The molecule has 0 saturated carbocycles. The first-order valence-electron chi connectivity index (χ1n) is 11.1. The second kappa shape index (κ2) is 9.86. The van der Waals surface area contributed by atoms with Crippen LogP contribution in [0.4, 0.5) is 0 Å². The summed E-state index contributed by atoms with van der Waals surface area (Å²) < 4.78 is 18.8. The molecule has 1 atom stereocenters. The Hall–Kier alpha value is -4.01. The molecule has 1 aliphatic heterocycles. The van der Waals surface area contributed by atoms with Crippen molar-refractivity contribution in [2.45, 2.75) is 33.3 Å². The van der Waals surface area contributed by atoms with Crippen LogP contribution >= 0.6 is 0 Å². The summed E-state index contributed by atoms with van der Waals surface area (Å²) in [5.41, 5.74) is 8.39. The number of aromatic nitrogens is 2. The molecule has 2 amide bonds. The number of carbonyl (C=O) groups is 2. The zero-order chi connectivity index (χ0) is 24.2. The summed E-state index contributed by atoms with van der Waals surface area (Å²) in [5, 5.41) is 4.43. The van der Waals surface area contributed by atoms with E-state index in [0.717, 1.165) is 17.5 Å². The first-order valence-corrected chi connectivity index (χ1v) is 11.1. The standard InChI is InChI=1S/C25H28N4O5/c1-15-7-5-8-20(16(15)2)34-17(3)24(30)26-27-25(31)19-14-29(4)28-23(19)18-9-10-21-22(13-18)33-12-6-11-32-21/h5,7-10,13-14,17H,6,11-12H2,1-4H3,(H,26,30)(H,27,31). The van der Waals surface area contributed by atoms with Crippen molar-refractivity contribution in [3.05, 3.63) is 59.3 Å². The number of rotatable bonds is 5. The van der Waals surface area contributed by atoms with Crippen molar-refractivity contribution in [3.8, 4) is 28.5 Å². The minimum atomic E-state index is -0.809. The number of fused-ring (bicyclic) bond motifs is 1. The molecular formula is C25H28N4O5. The minimum absolute atomic E-state index is 0.306. The molecule has 2 heterocycles. The number of nitrogens with one attached hydrogen (secondary N) is 2. The minimum Gasteiger partial charge on any atom is -0.490 e. The van der Waals surface area contributed by atoms with Crippen LogP contribution < -0.4 is 25.1 Å². The van der Waals surface area contributed by atoms with E-state index in [2.05, 4.69) is 16.0 Å². The van der Waals surface area contributed by atoms with Crippen molar-refractivity contribution >= 4 is 11.8 Å². The molecule has 1 unspecified atom stereocenters. The molecular weight excluding hydrogens is 436 g/mol. The molecule has 0 saturated heterocycles. The maximum Gasteiger partial charge on any atom is 0.279 e. The monoisotopic (exact) mass is 464 g/mol. The van der Waals surface area contributed by atoms with E-state index in [1.165, 1.54) is 0 Å². The fraction of sp³-hybridized carbons (Fsp3) is 0.320. The molecule has 4 rings (SSSR count). The third-order valence-corrected chi connectivity index (χ3v) is 5.62. The Morgan fingerprint density at radius 3 is 2.65 bits per heavy atom. The lowest BCUT2D eigenvalue weighted by Crippen LogP contribution is -2.47. The second-order valence-electron chi connectivity index (χ2n) is 8.18. The van der Waals surface area contributed by atoms with Crippen LogP contribution in [0.15, 0.2) is 42.6 Å². The third-order valence-electron chi connectivity index (χ3n) is 5.62. The first-order chi connectivity index (χ1) is 16.3. The van der Waals surface area contributed by atoms with Gasteiger partial charge in [0.15, 0.2) is 17.6 Å². The van der Waals surface area contributed by atoms with E-state index in [1.54, 1.807) is 37.0 Å². The highest BCUT2D eigenvalue weighted by atomic mass is 16.5. The molecule has 178 valence electrons. The Kier molecular flexibility index (Phi) is 6.72. The van der Waals surface area contributed by atoms with Gasteiger partial charge >= 0.3 is 0 Å². The molecule has 0 fully saturated rings. The van der Waals surface area contributed by atoms with Gasteiger partial charge in [-0.15, -0.1) is 0 Å². The van der Waals surface area contributed by atoms with E-state index < -0.39 is 17.9 Å². The lowest BCUT2D eigenvalue weighted by molar-refractivity contribution is -0.128. The fourth-order valence-corrected chi connectivity index (χ4v) is 3.56. The Bertz CT molecular complexity index is 1220. The smallest absolute Gasteiger partial charge is 0.279 e. The van der Waals surface area contributed by atoms with Gasteiger partial charge in [-0.1, -0.05) is 12.1 Å². The summed E-state index contributed by atoms with van der Waals surface area (Å²) in [6.45, 7) is 6.67. The molecule has 0 radical (unpaired) electrons. The lowest BCUT2D eigenvalue weighted by atomic mass is 10.1. The van der Waals surface area contributed by atoms with Gasteiger partial charge in [-0.25, -0.2) is 0 Å². The average molecular weight is 465 g/mol. The number of amides is 2. The van der Waals surface area contributed by atoms with Crippen molar-refractivity contribution < 1.29 is 23.8 Å². The summed E-state index contributed by atoms with van der Waals surface area (Å²) in [4.78, 5) is 25.4. The van der Waals surface area contributed by atoms with Crippen LogP contribution in [-0.2, 0) is 11.8 Å². The van der Waals surface area contributed by atoms with E-state index >= 15 is 0 Å². The van der Waals surface area contributed by atoms with Crippen LogP contribution in [0.25, 0.3) is 11.3 Å². The normalized spacial score (nSPS) is 13.5. The Balaban J connectivity index is 1.44. The van der Waals surface area contributed by atoms with Crippen molar-refractivity contribution in [2.75, 3.05) is 13.2 Å². The highest BCUT2D eigenvalue weighted by molar-refractivity contribution is 6.00. The van der Waals surface area contributed by atoms with E-state index in [1.807, 2.05) is 38.1 Å².